The van der Waals surface area contributed by atoms with Crippen molar-refractivity contribution in [1.82, 2.24) is 10.2 Å². The molecule has 1 aromatic heterocycles. The zero-order valence-electron chi connectivity index (χ0n) is 7.74. The summed E-state index contributed by atoms with van der Waals surface area (Å²) in [6.07, 6.45) is 4.62. The van der Waals surface area contributed by atoms with Gasteiger partial charge in [-0.1, -0.05) is 0 Å². The highest BCUT2D eigenvalue weighted by Crippen LogP contribution is 2.69. The maximum absolute atomic E-state index is 12.9. The maximum atomic E-state index is 12.9. The highest BCUT2D eigenvalue weighted by Gasteiger charge is 2.52. The van der Waals surface area contributed by atoms with E-state index in [-0.39, 0.29) is 0 Å². The van der Waals surface area contributed by atoms with Crippen LogP contribution in [-0.4, -0.2) is 21.5 Å². The Labute approximate surface area is 96.6 Å². The molecule has 5 heteroatoms. The Hall–Kier alpha value is 0.170. The fourth-order valence-electron chi connectivity index (χ4n) is 2.07. The van der Waals surface area contributed by atoms with Gasteiger partial charge in [-0.15, -0.1) is 0 Å². The molecule has 76 valence electrons. The molecule has 2 fully saturated rings. The zero-order valence-corrected chi connectivity index (χ0v) is 10.8. The molecule has 0 aromatic carbocycles. The normalized spacial score (nSPS) is 22.6. The van der Waals surface area contributed by atoms with Gasteiger partial charge in [-0.2, -0.15) is 5.10 Å². The van der Waals surface area contributed by atoms with Gasteiger partial charge in [0.05, 0.1) is 5.44 Å². The van der Waals surface area contributed by atoms with Gasteiger partial charge in [0.15, 0.2) is 0 Å². The Bertz CT molecular complexity index is 393. The quantitative estimate of drug-likeness (QED) is 0.686. The van der Waals surface area contributed by atoms with E-state index in [0.717, 1.165) is 34.8 Å². The lowest BCUT2D eigenvalue weighted by molar-refractivity contribution is 0.578. The maximum Gasteiger partial charge on any atom is 0.138 e. The number of H-pyrrole nitrogens is 1. The molecule has 2 aliphatic carbocycles. The Kier molecular flexibility index (Phi) is 2.07. The van der Waals surface area contributed by atoms with Crippen LogP contribution in [0.15, 0.2) is 6.07 Å². The third-order valence-electron chi connectivity index (χ3n) is 3.09. The van der Waals surface area contributed by atoms with Crippen LogP contribution in [0.25, 0.3) is 0 Å². The number of aromatic amines is 1. The molecule has 14 heavy (non-hydrogen) atoms. The molecule has 1 aromatic rings. The molecule has 0 spiro atoms. The number of rotatable bonds is 3. The number of halogens is 1. The van der Waals surface area contributed by atoms with Crippen LogP contribution in [0.2, 0.25) is 0 Å². The zero-order chi connectivity index (χ0) is 9.76. The molecule has 2 saturated carbocycles. The van der Waals surface area contributed by atoms with Gasteiger partial charge in [0.1, 0.15) is 10.8 Å². The first-order valence-electron chi connectivity index (χ1n) is 5.02. The number of aromatic nitrogens is 2. The first-order valence-corrected chi connectivity index (χ1v) is 7.94. The Morgan fingerprint density at radius 1 is 1.36 bits per heavy atom. The SMILES string of the molecule is O=P(c1cc(I)n[nH]1)(C1CC1)C1CC1. The standard InChI is InChI=1S/C9H12IN2OP/c10-8-5-9(12-11-8)14(13,6-1-2-6)7-3-4-7/h5-7H,1-4H2,(H,11,12). The molecule has 3 rings (SSSR count). The summed E-state index contributed by atoms with van der Waals surface area (Å²) in [6.45, 7) is 0. The molecule has 1 heterocycles. The lowest BCUT2D eigenvalue weighted by Crippen LogP contribution is -2.13. The highest BCUT2D eigenvalue weighted by molar-refractivity contribution is 14.1. The van der Waals surface area contributed by atoms with E-state index < -0.39 is 7.14 Å². The second-order valence-electron chi connectivity index (χ2n) is 4.25. The van der Waals surface area contributed by atoms with Crippen LogP contribution < -0.4 is 5.44 Å². The first kappa shape index (κ1) is 9.40. The van der Waals surface area contributed by atoms with Crippen LogP contribution in [0.4, 0.5) is 0 Å². The average molecular weight is 322 g/mol. The van der Waals surface area contributed by atoms with Crippen molar-refractivity contribution < 1.29 is 4.57 Å². The van der Waals surface area contributed by atoms with Gasteiger partial charge in [-0.3, -0.25) is 5.10 Å². The van der Waals surface area contributed by atoms with Gasteiger partial charge in [0.25, 0.3) is 0 Å². The molecule has 3 nitrogen and oxygen atoms in total. The van der Waals surface area contributed by atoms with Gasteiger partial charge >= 0.3 is 0 Å². The first-order chi connectivity index (χ1) is 6.71. The largest absolute Gasteiger partial charge is 0.316 e. The van der Waals surface area contributed by atoms with Crippen LogP contribution in [0.5, 0.6) is 0 Å². The van der Waals surface area contributed by atoms with Crippen molar-refractivity contribution in [3.05, 3.63) is 9.77 Å². The summed E-state index contributed by atoms with van der Waals surface area (Å²) in [5, 5.41) is 7.06. The number of nitrogens with one attached hydrogen (secondary N) is 1. The predicted molar refractivity (Wildman–Crippen MR) is 64.6 cm³/mol. The molecule has 0 unspecified atom stereocenters. The minimum absolute atomic E-state index is 0.478. The topological polar surface area (TPSA) is 45.8 Å². The van der Waals surface area contributed by atoms with E-state index in [2.05, 4.69) is 32.8 Å². The lowest BCUT2D eigenvalue weighted by atomic mass is 10.8. The molecule has 2 aliphatic rings. The van der Waals surface area contributed by atoms with Crippen LogP contribution in [0.3, 0.4) is 0 Å². The molecule has 0 saturated heterocycles. The summed E-state index contributed by atoms with van der Waals surface area (Å²) in [6, 6.07) is 1.97. The van der Waals surface area contributed by atoms with Crippen molar-refractivity contribution in [2.45, 2.75) is 37.0 Å². The smallest absolute Gasteiger partial charge is 0.138 e. The molecule has 0 bridgehead atoms. The molecular formula is C9H12IN2OP. The highest BCUT2D eigenvalue weighted by atomic mass is 127. The Balaban J connectivity index is 2.02. The molecule has 0 atom stereocenters. The van der Waals surface area contributed by atoms with E-state index in [9.17, 15) is 4.57 Å². The summed E-state index contributed by atoms with van der Waals surface area (Å²) >= 11 is 2.16. The molecular weight excluding hydrogens is 310 g/mol. The van der Waals surface area contributed by atoms with Crippen molar-refractivity contribution in [3.63, 3.8) is 0 Å². The monoisotopic (exact) mass is 322 g/mol. The fourth-order valence-corrected chi connectivity index (χ4v) is 6.50. The van der Waals surface area contributed by atoms with Crippen LogP contribution in [0, 0.1) is 3.70 Å². The second kappa shape index (κ2) is 3.08. The van der Waals surface area contributed by atoms with Crippen LogP contribution in [-0.2, 0) is 4.57 Å². The van der Waals surface area contributed by atoms with Crippen LogP contribution >= 0.6 is 29.7 Å². The third kappa shape index (κ3) is 1.38. The predicted octanol–water partition coefficient (Wildman–Crippen LogP) is 2.33. The summed E-state index contributed by atoms with van der Waals surface area (Å²) in [4.78, 5) is 0. The number of hydrogen-bond acceptors (Lipinski definition) is 2. The summed E-state index contributed by atoms with van der Waals surface area (Å²) < 4.78 is 13.8. The summed E-state index contributed by atoms with van der Waals surface area (Å²) in [5.41, 5.74) is 1.89. The van der Waals surface area contributed by atoms with E-state index in [0.29, 0.717) is 11.3 Å². The van der Waals surface area contributed by atoms with Gasteiger partial charge < -0.3 is 4.57 Å². The van der Waals surface area contributed by atoms with Crippen molar-refractivity contribution in [2.24, 2.45) is 0 Å². The summed E-state index contributed by atoms with van der Waals surface area (Å²) in [5.74, 6) is 0. The van der Waals surface area contributed by atoms with Crippen molar-refractivity contribution in [1.29, 1.82) is 0 Å². The minimum atomic E-state index is -2.10. The summed E-state index contributed by atoms with van der Waals surface area (Å²) in [7, 11) is -2.10. The van der Waals surface area contributed by atoms with E-state index in [4.69, 9.17) is 0 Å². The Morgan fingerprint density at radius 2 is 1.93 bits per heavy atom. The van der Waals surface area contributed by atoms with Crippen LogP contribution in [0.1, 0.15) is 25.7 Å². The number of nitrogens with zero attached hydrogens (tertiary/aromatic N) is 1. The second-order valence-corrected chi connectivity index (χ2v) is 8.71. The minimum Gasteiger partial charge on any atom is -0.316 e. The van der Waals surface area contributed by atoms with E-state index in [1.165, 1.54) is 0 Å². The van der Waals surface area contributed by atoms with Crippen molar-refractivity contribution >= 4 is 35.2 Å². The molecule has 0 amide bonds. The van der Waals surface area contributed by atoms with Gasteiger partial charge in [-0.25, -0.2) is 0 Å². The van der Waals surface area contributed by atoms with E-state index in [1.807, 2.05) is 6.07 Å². The number of hydrogen-bond donors (Lipinski definition) is 1. The lowest BCUT2D eigenvalue weighted by Gasteiger charge is -2.14. The van der Waals surface area contributed by atoms with Gasteiger partial charge in [0.2, 0.25) is 0 Å². The average Bonchev–Trinajstić information content (AvgIpc) is 3.01. The fraction of sp³-hybridized carbons (Fsp3) is 0.667. The van der Waals surface area contributed by atoms with Crippen molar-refractivity contribution in [2.75, 3.05) is 0 Å². The molecule has 0 aliphatic heterocycles. The van der Waals surface area contributed by atoms with Crippen molar-refractivity contribution in [3.8, 4) is 0 Å². The molecule has 1 N–H and O–H groups in total. The van der Waals surface area contributed by atoms with E-state index >= 15 is 0 Å². The third-order valence-corrected chi connectivity index (χ3v) is 7.83. The van der Waals surface area contributed by atoms with E-state index in [1.54, 1.807) is 0 Å². The molecule has 0 radical (unpaired) electrons. The van der Waals surface area contributed by atoms with Gasteiger partial charge in [0, 0.05) is 17.4 Å². The van der Waals surface area contributed by atoms with Gasteiger partial charge in [-0.05, 0) is 48.3 Å². The Morgan fingerprint density at radius 3 is 2.29 bits per heavy atom.